The predicted octanol–water partition coefficient (Wildman–Crippen LogP) is 2.49. The molecule has 1 aliphatic heterocycles. The fourth-order valence-corrected chi connectivity index (χ4v) is 3.64. The van der Waals surface area contributed by atoms with Gasteiger partial charge in [0.2, 0.25) is 0 Å². The quantitative estimate of drug-likeness (QED) is 0.813. The number of aromatic nitrogens is 2. The normalized spacial score (nSPS) is 16.2. The van der Waals surface area contributed by atoms with E-state index in [0.717, 1.165) is 54.6 Å². The number of carbonyl (C=O) groups excluding carboxylic acids is 1. The third-order valence-electron chi connectivity index (χ3n) is 4.62. The number of benzene rings is 1. The molecular formula is C17H20BrClN4O. The second-order valence-electron chi connectivity index (χ2n) is 6.25. The zero-order valence-electron chi connectivity index (χ0n) is 13.2. The van der Waals surface area contributed by atoms with Crippen LogP contribution in [0.2, 0.25) is 0 Å². The maximum absolute atomic E-state index is 12.5. The van der Waals surface area contributed by atoms with Crippen molar-refractivity contribution in [1.29, 1.82) is 0 Å². The summed E-state index contributed by atoms with van der Waals surface area (Å²) >= 11 is 3.50. The molecule has 0 saturated carbocycles. The van der Waals surface area contributed by atoms with Gasteiger partial charge in [-0.15, -0.1) is 12.4 Å². The van der Waals surface area contributed by atoms with Crippen molar-refractivity contribution in [2.24, 2.45) is 5.92 Å². The molecule has 24 heavy (non-hydrogen) atoms. The molecule has 1 aromatic heterocycles. The van der Waals surface area contributed by atoms with Crippen LogP contribution in [0.15, 0.2) is 28.7 Å². The third-order valence-corrected chi connectivity index (χ3v) is 5.11. The molecule has 1 amide bonds. The fraction of sp³-hybridized carbons (Fsp3) is 0.412. The highest BCUT2D eigenvalue weighted by Crippen LogP contribution is 2.28. The van der Waals surface area contributed by atoms with Gasteiger partial charge in [-0.05, 0) is 37.5 Å². The van der Waals surface area contributed by atoms with E-state index < -0.39 is 0 Å². The van der Waals surface area contributed by atoms with E-state index in [2.05, 4.69) is 31.7 Å². The van der Waals surface area contributed by atoms with E-state index in [0.29, 0.717) is 11.6 Å². The molecule has 0 unspecified atom stereocenters. The summed E-state index contributed by atoms with van der Waals surface area (Å²) in [6, 6.07) is 8.05. The molecule has 128 valence electrons. The van der Waals surface area contributed by atoms with Gasteiger partial charge in [-0.2, -0.15) is 5.10 Å². The molecule has 2 heterocycles. The van der Waals surface area contributed by atoms with Crippen molar-refractivity contribution in [1.82, 2.24) is 20.4 Å². The topological polar surface area (TPSA) is 59.0 Å². The SMILES string of the molecule is Cl.O=C(NCC1CNC1)c1nn(-c2cccc(Br)c2)c2c1CCC2. The Morgan fingerprint density at radius 1 is 1.38 bits per heavy atom. The van der Waals surface area contributed by atoms with Crippen molar-refractivity contribution in [3.8, 4) is 5.69 Å². The zero-order chi connectivity index (χ0) is 15.8. The highest BCUT2D eigenvalue weighted by molar-refractivity contribution is 9.10. The summed E-state index contributed by atoms with van der Waals surface area (Å²) in [5.74, 6) is 0.517. The van der Waals surface area contributed by atoms with Crippen molar-refractivity contribution in [2.75, 3.05) is 19.6 Å². The minimum atomic E-state index is -0.0382. The summed E-state index contributed by atoms with van der Waals surface area (Å²) in [7, 11) is 0. The van der Waals surface area contributed by atoms with Gasteiger partial charge < -0.3 is 10.6 Å². The lowest BCUT2D eigenvalue weighted by Crippen LogP contribution is -2.48. The van der Waals surface area contributed by atoms with E-state index in [4.69, 9.17) is 0 Å². The van der Waals surface area contributed by atoms with E-state index in [9.17, 15) is 4.79 Å². The molecule has 4 rings (SSSR count). The third kappa shape index (κ3) is 3.23. The number of halogens is 2. The van der Waals surface area contributed by atoms with Crippen LogP contribution in [0.3, 0.4) is 0 Å². The van der Waals surface area contributed by atoms with E-state index >= 15 is 0 Å². The van der Waals surface area contributed by atoms with Crippen LogP contribution in [0, 0.1) is 5.92 Å². The number of amides is 1. The zero-order valence-corrected chi connectivity index (χ0v) is 15.6. The highest BCUT2D eigenvalue weighted by atomic mass is 79.9. The molecule has 7 heteroatoms. The summed E-state index contributed by atoms with van der Waals surface area (Å²) in [6.07, 6.45) is 3.01. The Morgan fingerprint density at radius 2 is 2.21 bits per heavy atom. The molecule has 0 bridgehead atoms. The van der Waals surface area contributed by atoms with Crippen molar-refractivity contribution in [2.45, 2.75) is 19.3 Å². The summed E-state index contributed by atoms with van der Waals surface area (Å²) in [5.41, 5.74) is 3.90. The van der Waals surface area contributed by atoms with Gasteiger partial charge in [-0.1, -0.05) is 22.0 Å². The summed E-state index contributed by atoms with van der Waals surface area (Å²) in [4.78, 5) is 12.5. The monoisotopic (exact) mass is 410 g/mol. The summed E-state index contributed by atoms with van der Waals surface area (Å²) in [6.45, 7) is 2.71. The molecule has 1 aliphatic carbocycles. The molecule has 0 atom stereocenters. The molecule has 0 spiro atoms. The highest BCUT2D eigenvalue weighted by Gasteiger charge is 2.27. The van der Waals surface area contributed by atoms with Gasteiger partial charge in [0.15, 0.2) is 5.69 Å². The van der Waals surface area contributed by atoms with E-state index in [1.54, 1.807) is 0 Å². The minimum Gasteiger partial charge on any atom is -0.350 e. The Balaban J connectivity index is 0.00000169. The van der Waals surface area contributed by atoms with Gasteiger partial charge in [0, 0.05) is 41.3 Å². The predicted molar refractivity (Wildman–Crippen MR) is 99.2 cm³/mol. The van der Waals surface area contributed by atoms with Gasteiger partial charge in [0.1, 0.15) is 0 Å². The second kappa shape index (κ2) is 7.25. The number of nitrogens with one attached hydrogen (secondary N) is 2. The van der Waals surface area contributed by atoms with Crippen LogP contribution in [-0.2, 0) is 12.8 Å². The minimum absolute atomic E-state index is 0. The molecule has 2 N–H and O–H groups in total. The van der Waals surface area contributed by atoms with Crippen molar-refractivity contribution in [3.05, 3.63) is 45.7 Å². The van der Waals surface area contributed by atoms with Crippen molar-refractivity contribution < 1.29 is 4.79 Å². The Labute approximate surface area is 155 Å². The van der Waals surface area contributed by atoms with Crippen LogP contribution in [0.1, 0.15) is 28.2 Å². The van der Waals surface area contributed by atoms with Crippen LogP contribution in [0.5, 0.6) is 0 Å². The largest absolute Gasteiger partial charge is 0.350 e. The molecule has 1 aromatic carbocycles. The molecule has 1 fully saturated rings. The van der Waals surface area contributed by atoms with E-state index in [1.807, 2.05) is 28.9 Å². The number of hydrogen-bond donors (Lipinski definition) is 2. The van der Waals surface area contributed by atoms with Crippen LogP contribution < -0.4 is 10.6 Å². The Bertz CT molecular complexity index is 757. The number of hydrogen-bond acceptors (Lipinski definition) is 3. The molecule has 2 aromatic rings. The van der Waals surface area contributed by atoms with Crippen LogP contribution in [-0.4, -0.2) is 35.3 Å². The first-order chi connectivity index (χ1) is 11.2. The number of fused-ring (bicyclic) bond motifs is 1. The maximum atomic E-state index is 12.5. The first-order valence-corrected chi connectivity index (χ1v) is 8.87. The molecule has 1 saturated heterocycles. The van der Waals surface area contributed by atoms with Crippen molar-refractivity contribution >= 4 is 34.2 Å². The number of rotatable bonds is 4. The number of carbonyl (C=O) groups is 1. The first-order valence-electron chi connectivity index (χ1n) is 8.08. The summed E-state index contributed by atoms with van der Waals surface area (Å²) in [5, 5.41) is 10.9. The lowest BCUT2D eigenvalue weighted by atomic mass is 10.0. The first kappa shape index (κ1) is 17.5. The van der Waals surface area contributed by atoms with E-state index in [-0.39, 0.29) is 18.3 Å². The Hall–Kier alpha value is -1.37. The van der Waals surface area contributed by atoms with Gasteiger partial charge in [0.25, 0.3) is 5.91 Å². The smallest absolute Gasteiger partial charge is 0.272 e. The lowest BCUT2D eigenvalue weighted by Gasteiger charge is -2.26. The van der Waals surface area contributed by atoms with Crippen LogP contribution in [0.4, 0.5) is 0 Å². The molecular weight excluding hydrogens is 392 g/mol. The standard InChI is InChI=1S/C17H19BrN4O.ClH/c18-12-3-1-4-13(7-12)22-15-6-2-5-14(15)16(21-22)17(23)20-10-11-8-19-9-11;/h1,3-4,7,11,19H,2,5-6,8-10H2,(H,20,23);1H. The summed E-state index contributed by atoms with van der Waals surface area (Å²) < 4.78 is 2.95. The van der Waals surface area contributed by atoms with Crippen LogP contribution >= 0.6 is 28.3 Å². The van der Waals surface area contributed by atoms with Gasteiger partial charge in [0.05, 0.1) is 5.69 Å². The second-order valence-corrected chi connectivity index (χ2v) is 7.17. The lowest BCUT2D eigenvalue weighted by molar-refractivity contribution is 0.0936. The van der Waals surface area contributed by atoms with Crippen LogP contribution in [0.25, 0.3) is 5.69 Å². The molecule has 0 radical (unpaired) electrons. The fourth-order valence-electron chi connectivity index (χ4n) is 3.25. The molecule has 5 nitrogen and oxygen atoms in total. The Kier molecular flexibility index (Phi) is 5.27. The van der Waals surface area contributed by atoms with Crippen molar-refractivity contribution in [3.63, 3.8) is 0 Å². The molecule has 2 aliphatic rings. The average molecular weight is 412 g/mol. The average Bonchev–Trinajstić information content (AvgIpc) is 3.07. The van der Waals surface area contributed by atoms with Gasteiger partial charge in [-0.25, -0.2) is 4.68 Å². The van der Waals surface area contributed by atoms with Gasteiger partial charge >= 0.3 is 0 Å². The maximum Gasteiger partial charge on any atom is 0.272 e. The Morgan fingerprint density at radius 3 is 2.92 bits per heavy atom. The van der Waals surface area contributed by atoms with E-state index in [1.165, 1.54) is 5.69 Å². The number of nitrogens with zero attached hydrogens (tertiary/aromatic N) is 2. The van der Waals surface area contributed by atoms with Gasteiger partial charge in [-0.3, -0.25) is 4.79 Å².